The Labute approximate surface area is 84.4 Å². The molecule has 2 amide bonds. The highest BCUT2D eigenvalue weighted by molar-refractivity contribution is 6.06. The Morgan fingerprint density at radius 2 is 2.27 bits per heavy atom. The number of amides is 2. The molecule has 80 valence electrons. The van der Waals surface area contributed by atoms with Crippen LogP contribution in [0.25, 0.3) is 0 Å². The molecule has 1 unspecified atom stereocenters. The maximum atomic E-state index is 11.4. The highest BCUT2D eigenvalue weighted by Crippen LogP contribution is 2.16. The van der Waals surface area contributed by atoms with Gasteiger partial charge in [0.05, 0.1) is 6.42 Å². The second kappa shape index (κ2) is 3.23. The van der Waals surface area contributed by atoms with Crippen LogP contribution in [0.2, 0.25) is 0 Å². The molecule has 3 N–H and O–H groups in total. The molecule has 8 heteroatoms. The van der Waals surface area contributed by atoms with Crippen molar-refractivity contribution in [3.8, 4) is 0 Å². The third-order valence-corrected chi connectivity index (χ3v) is 2.12. The summed E-state index contributed by atoms with van der Waals surface area (Å²) in [4.78, 5) is 23.7. The van der Waals surface area contributed by atoms with Gasteiger partial charge in [0.25, 0.3) is 5.91 Å². The average molecular weight is 211 g/mol. The van der Waals surface area contributed by atoms with Gasteiger partial charge in [-0.05, 0) is 0 Å². The van der Waals surface area contributed by atoms with Crippen molar-refractivity contribution >= 4 is 23.8 Å². The molecule has 1 saturated heterocycles. The molecule has 0 aliphatic carbocycles. The summed E-state index contributed by atoms with van der Waals surface area (Å²) >= 11 is 0. The van der Waals surface area contributed by atoms with Crippen LogP contribution in [0.5, 0.6) is 0 Å². The lowest BCUT2D eigenvalue weighted by molar-refractivity contribution is -0.136. The second-order valence-corrected chi connectivity index (χ2v) is 3.14. The van der Waals surface area contributed by atoms with Gasteiger partial charge < -0.3 is 15.5 Å². The number of carbonyl (C=O) groups excluding carboxylic acids is 2. The number of likely N-dealkylation sites (N-methyl/N-ethyl adjacent to an activating group) is 1. The lowest BCUT2D eigenvalue weighted by Gasteiger charge is -2.07. The Hall–Kier alpha value is -2.12. The first kappa shape index (κ1) is 9.44. The van der Waals surface area contributed by atoms with Gasteiger partial charge in [-0.1, -0.05) is 10.2 Å². The maximum Gasteiger partial charge on any atom is 0.317 e. The van der Waals surface area contributed by atoms with E-state index >= 15 is 0 Å². The summed E-state index contributed by atoms with van der Waals surface area (Å²) in [6, 6.07) is -0.709. The number of nitrogen functional groups attached to an aromatic ring is 1. The number of hydrogen-bond acceptors (Lipinski definition) is 7. The summed E-state index contributed by atoms with van der Waals surface area (Å²) in [5.41, 5.74) is 5.20. The van der Waals surface area contributed by atoms with Gasteiger partial charge in [-0.25, -0.2) is 0 Å². The minimum absolute atomic E-state index is 0.0361. The Morgan fingerprint density at radius 3 is 2.73 bits per heavy atom. The number of anilines is 2. The van der Waals surface area contributed by atoms with E-state index in [2.05, 4.69) is 15.5 Å². The van der Waals surface area contributed by atoms with Crippen molar-refractivity contribution in [2.75, 3.05) is 18.1 Å². The first-order chi connectivity index (χ1) is 7.08. The van der Waals surface area contributed by atoms with Gasteiger partial charge in [-0.15, -0.1) is 0 Å². The molecule has 0 bridgehead atoms. The topological polar surface area (TPSA) is 114 Å². The van der Waals surface area contributed by atoms with Crippen molar-refractivity contribution in [2.45, 2.75) is 12.5 Å². The van der Waals surface area contributed by atoms with Crippen LogP contribution < -0.4 is 11.1 Å². The van der Waals surface area contributed by atoms with Crippen molar-refractivity contribution in [1.29, 1.82) is 0 Å². The van der Waals surface area contributed by atoms with Gasteiger partial charge in [-0.2, -0.15) is 0 Å². The van der Waals surface area contributed by atoms with Crippen LogP contribution in [0.4, 0.5) is 12.0 Å². The minimum atomic E-state index is -0.651. The van der Waals surface area contributed by atoms with E-state index in [0.717, 1.165) is 4.90 Å². The zero-order valence-corrected chi connectivity index (χ0v) is 7.93. The highest BCUT2D eigenvalue weighted by atomic mass is 16.4. The summed E-state index contributed by atoms with van der Waals surface area (Å²) in [6.45, 7) is 0. The Balaban J connectivity index is 2.08. The smallest absolute Gasteiger partial charge is 0.317 e. The largest absolute Gasteiger partial charge is 0.390 e. The molecule has 1 aliphatic rings. The third-order valence-electron chi connectivity index (χ3n) is 2.12. The van der Waals surface area contributed by atoms with Crippen molar-refractivity contribution in [3.05, 3.63) is 0 Å². The average Bonchev–Trinajstić information content (AvgIpc) is 2.68. The van der Waals surface area contributed by atoms with E-state index < -0.39 is 6.04 Å². The normalized spacial score (nSPS) is 21.1. The van der Waals surface area contributed by atoms with E-state index in [1.54, 1.807) is 0 Å². The van der Waals surface area contributed by atoms with E-state index in [9.17, 15) is 9.59 Å². The number of carbonyl (C=O) groups is 2. The van der Waals surface area contributed by atoms with Crippen LogP contribution in [-0.2, 0) is 9.59 Å². The number of likely N-dealkylation sites (tertiary alicyclic amines) is 1. The van der Waals surface area contributed by atoms with Crippen molar-refractivity contribution in [2.24, 2.45) is 0 Å². The van der Waals surface area contributed by atoms with Gasteiger partial charge in [0.2, 0.25) is 5.91 Å². The Kier molecular flexibility index (Phi) is 2.03. The molecular formula is C7H9N5O3. The number of aromatic nitrogens is 2. The van der Waals surface area contributed by atoms with Crippen molar-refractivity contribution < 1.29 is 14.0 Å². The molecule has 15 heavy (non-hydrogen) atoms. The zero-order valence-electron chi connectivity index (χ0n) is 7.93. The maximum absolute atomic E-state index is 11.4. The highest BCUT2D eigenvalue weighted by Gasteiger charge is 2.36. The number of nitrogens with one attached hydrogen (secondary N) is 1. The second-order valence-electron chi connectivity index (χ2n) is 3.14. The fraction of sp³-hybridized carbons (Fsp3) is 0.429. The molecule has 0 aromatic carbocycles. The van der Waals surface area contributed by atoms with Crippen LogP contribution in [0.1, 0.15) is 6.42 Å². The van der Waals surface area contributed by atoms with Crippen LogP contribution in [0.3, 0.4) is 0 Å². The fourth-order valence-electron chi connectivity index (χ4n) is 1.31. The zero-order chi connectivity index (χ0) is 11.0. The number of imide groups is 1. The van der Waals surface area contributed by atoms with Crippen molar-refractivity contribution in [1.82, 2.24) is 15.1 Å². The molecule has 1 aromatic rings. The van der Waals surface area contributed by atoms with Crippen LogP contribution in [0.15, 0.2) is 4.42 Å². The SMILES string of the molecule is CN1C(=O)CC(Nc2nnc(N)o2)C1=O. The van der Waals surface area contributed by atoms with E-state index in [4.69, 9.17) is 10.2 Å². The molecule has 1 atom stereocenters. The van der Waals surface area contributed by atoms with E-state index in [0.29, 0.717) is 0 Å². The third kappa shape index (κ3) is 1.60. The Bertz CT molecular complexity index is 415. The predicted octanol–water partition coefficient (Wildman–Crippen LogP) is -1.18. The van der Waals surface area contributed by atoms with Crippen molar-refractivity contribution in [3.63, 3.8) is 0 Å². The standard InChI is InChI=1S/C7H9N5O3/c1-12-4(13)2-3(5(12)14)9-7-11-10-6(8)15-7/h3H,2H2,1H3,(H2,8,10)(H,9,11). The summed E-state index contributed by atoms with van der Waals surface area (Å²) in [7, 11) is 1.43. The van der Waals surface area contributed by atoms with Gasteiger partial charge >= 0.3 is 12.0 Å². The van der Waals surface area contributed by atoms with E-state index in [-0.39, 0.29) is 30.3 Å². The molecular weight excluding hydrogens is 202 g/mol. The number of nitrogens with zero attached hydrogens (tertiary/aromatic N) is 3. The molecule has 0 radical (unpaired) electrons. The minimum Gasteiger partial charge on any atom is -0.390 e. The van der Waals surface area contributed by atoms with Crippen LogP contribution >= 0.6 is 0 Å². The summed E-state index contributed by atoms with van der Waals surface area (Å²) in [6.07, 6.45) is 0.0810. The van der Waals surface area contributed by atoms with Gasteiger partial charge in [0.1, 0.15) is 6.04 Å². The Morgan fingerprint density at radius 1 is 1.53 bits per heavy atom. The lowest BCUT2D eigenvalue weighted by Crippen LogP contribution is -2.31. The van der Waals surface area contributed by atoms with Crippen LogP contribution in [-0.4, -0.2) is 40.0 Å². The first-order valence-corrected chi connectivity index (χ1v) is 4.24. The molecule has 1 aromatic heterocycles. The summed E-state index contributed by atoms with van der Waals surface area (Å²) in [5, 5.41) is 9.58. The molecule has 1 fully saturated rings. The summed E-state index contributed by atoms with van der Waals surface area (Å²) in [5.74, 6) is -0.568. The fourth-order valence-corrected chi connectivity index (χ4v) is 1.31. The van der Waals surface area contributed by atoms with Crippen LogP contribution in [0, 0.1) is 0 Å². The molecule has 0 spiro atoms. The monoisotopic (exact) mass is 211 g/mol. The molecule has 0 saturated carbocycles. The molecule has 2 heterocycles. The van der Waals surface area contributed by atoms with Gasteiger partial charge in [0.15, 0.2) is 0 Å². The number of hydrogen-bond donors (Lipinski definition) is 2. The molecule has 2 rings (SSSR count). The quantitative estimate of drug-likeness (QED) is 0.591. The van der Waals surface area contributed by atoms with Gasteiger partial charge in [0, 0.05) is 7.05 Å². The van der Waals surface area contributed by atoms with Gasteiger partial charge in [-0.3, -0.25) is 14.5 Å². The molecule has 1 aliphatic heterocycles. The number of nitrogens with two attached hydrogens (primary N) is 1. The van der Waals surface area contributed by atoms with E-state index in [1.165, 1.54) is 7.05 Å². The van der Waals surface area contributed by atoms with E-state index in [1.807, 2.05) is 0 Å². The first-order valence-electron chi connectivity index (χ1n) is 4.24. The summed E-state index contributed by atoms with van der Waals surface area (Å²) < 4.78 is 4.83. The lowest BCUT2D eigenvalue weighted by atomic mass is 10.2. The predicted molar refractivity (Wildman–Crippen MR) is 48.5 cm³/mol. The molecule has 8 nitrogen and oxygen atoms in total. The number of rotatable bonds is 2.